The summed E-state index contributed by atoms with van der Waals surface area (Å²) in [6, 6.07) is 19.8. The van der Waals surface area contributed by atoms with Crippen LogP contribution in [-0.2, 0) is 6.42 Å². The minimum atomic E-state index is -0.193. The van der Waals surface area contributed by atoms with Gasteiger partial charge in [-0.2, -0.15) is 0 Å². The molecule has 4 rings (SSSR count). The highest BCUT2D eigenvalue weighted by molar-refractivity contribution is 6.11. The largest absolute Gasteiger partial charge is 0.493 e. The molecule has 1 aliphatic heterocycles. The van der Waals surface area contributed by atoms with Crippen LogP contribution in [0.15, 0.2) is 72.4 Å². The number of nitrogens with one attached hydrogen (secondary N) is 1. The lowest BCUT2D eigenvalue weighted by atomic mass is 10.0. The Morgan fingerprint density at radius 2 is 1.55 bits per heavy atom. The Morgan fingerprint density at radius 3 is 2.21 bits per heavy atom. The molecule has 0 saturated heterocycles. The summed E-state index contributed by atoms with van der Waals surface area (Å²) in [7, 11) is 5.13. The van der Waals surface area contributed by atoms with Crippen LogP contribution in [0.3, 0.4) is 0 Å². The van der Waals surface area contributed by atoms with Crippen LogP contribution >= 0.6 is 0 Å². The Bertz CT molecular complexity index is 1200. The summed E-state index contributed by atoms with van der Waals surface area (Å²) in [6.07, 6.45) is 2.68. The van der Waals surface area contributed by atoms with Crippen molar-refractivity contribution in [3.8, 4) is 11.5 Å². The van der Waals surface area contributed by atoms with E-state index in [2.05, 4.69) is 5.32 Å². The Labute approximate surface area is 193 Å². The van der Waals surface area contributed by atoms with Crippen molar-refractivity contribution in [3.63, 3.8) is 0 Å². The van der Waals surface area contributed by atoms with E-state index in [1.807, 2.05) is 48.4 Å². The van der Waals surface area contributed by atoms with Crippen molar-refractivity contribution in [3.05, 3.63) is 94.7 Å². The van der Waals surface area contributed by atoms with E-state index in [9.17, 15) is 9.59 Å². The second-order valence-corrected chi connectivity index (χ2v) is 7.83. The molecule has 0 fully saturated rings. The van der Waals surface area contributed by atoms with E-state index >= 15 is 0 Å². The van der Waals surface area contributed by atoms with E-state index in [4.69, 9.17) is 9.47 Å². The van der Waals surface area contributed by atoms with Crippen LogP contribution in [0.4, 0.5) is 5.69 Å². The summed E-state index contributed by atoms with van der Waals surface area (Å²) in [5, 5.41) is 2.86. The first-order valence-electron chi connectivity index (χ1n) is 10.7. The predicted molar refractivity (Wildman–Crippen MR) is 129 cm³/mol. The van der Waals surface area contributed by atoms with Crippen molar-refractivity contribution >= 4 is 23.5 Å². The van der Waals surface area contributed by atoms with Crippen molar-refractivity contribution in [2.45, 2.75) is 6.42 Å². The lowest BCUT2D eigenvalue weighted by Crippen LogP contribution is -2.24. The van der Waals surface area contributed by atoms with Crippen LogP contribution in [-0.4, -0.2) is 44.4 Å². The van der Waals surface area contributed by atoms with Crippen LogP contribution in [0.1, 0.15) is 31.8 Å². The number of ether oxygens (including phenoxy) is 2. The van der Waals surface area contributed by atoms with Crippen LogP contribution in [0, 0.1) is 0 Å². The number of hydrogen-bond acceptors (Lipinski definition) is 5. The van der Waals surface area contributed by atoms with Gasteiger partial charge in [-0.25, -0.2) is 0 Å². The van der Waals surface area contributed by atoms with Gasteiger partial charge in [0.1, 0.15) is 0 Å². The van der Waals surface area contributed by atoms with E-state index in [0.29, 0.717) is 40.6 Å². The number of amides is 1. The van der Waals surface area contributed by atoms with Gasteiger partial charge in [0.15, 0.2) is 11.5 Å². The van der Waals surface area contributed by atoms with E-state index in [0.717, 1.165) is 17.5 Å². The fourth-order valence-corrected chi connectivity index (χ4v) is 3.84. The first kappa shape index (κ1) is 22.1. The number of anilines is 1. The summed E-state index contributed by atoms with van der Waals surface area (Å²) in [6.45, 7) is 0.700. The highest BCUT2D eigenvalue weighted by atomic mass is 16.5. The molecule has 6 nitrogen and oxygen atoms in total. The number of benzene rings is 3. The van der Waals surface area contributed by atoms with Crippen LogP contribution < -0.4 is 14.8 Å². The van der Waals surface area contributed by atoms with E-state index in [1.165, 1.54) is 0 Å². The number of hydrogen-bond donors (Lipinski definition) is 1. The van der Waals surface area contributed by atoms with Gasteiger partial charge >= 0.3 is 0 Å². The third-order valence-electron chi connectivity index (χ3n) is 5.74. The third-order valence-corrected chi connectivity index (χ3v) is 5.74. The van der Waals surface area contributed by atoms with Gasteiger partial charge in [-0.1, -0.05) is 18.2 Å². The lowest BCUT2D eigenvalue weighted by molar-refractivity contribution is 0.0999. The summed E-state index contributed by atoms with van der Waals surface area (Å²) < 4.78 is 10.9. The molecule has 1 heterocycles. The molecule has 0 unspecified atom stereocenters. The summed E-state index contributed by atoms with van der Waals surface area (Å²) in [5.41, 5.74) is 4.39. The molecule has 0 radical (unpaired) electrons. The molecule has 6 heteroatoms. The number of Topliss-reactive ketones (excluding diaryl/α,β-unsaturated/α-hetero) is 1. The van der Waals surface area contributed by atoms with Crippen LogP contribution in [0.25, 0.3) is 6.08 Å². The van der Waals surface area contributed by atoms with Gasteiger partial charge in [-0.05, 0) is 72.2 Å². The monoisotopic (exact) mass is 442 g/mol. The summed E-state index contributed by atoms with van der Waals surface area (Å²) >= 11 is 0. The minimum absolute atomic E-state index is 0.0823. The Hall–Kier alpha value is -4.06. The number of carbonyl (C=O) groups is 2. The Balaban J connectivity index is 1.57. The summed E-state index contributed by atoms with van der Waals surface area (Å²) in [4.78, 5) is 27.7. The third kappa shape index (κ3) is 4.75. The zero-order chi connectivity index (χ0) is 23.4. The van der Waals surface area contributed by atoms with E-state index in [1.54, 1.807) is 50.6 Å². The smallest absolute Gasteiger partial charge is 0.255 e. The first-order chi connectivity index (χ1) is 16.0. The van der Waals surface area contributed by atoms with Gasteiger partial charge in [0.05, 0.1) is 19.9 Å². The van der Waals surface area contributed by atoms with Crippen LogP contribution in [0.2, 0.25) is 0 Å². The summed E-state index contributed by atoms with van der Waals surface area (Å²) in [5.74, 6) is 1.03. The zero-order valence-electron chi connectivity index (χ0n) is 18.9. The molecule has 0 aromatic heterocycles. The van der Waals surface area contributed by atoms with Gasteiger partial charge in [0.25, 0.3) is 5.91 Å². The number of ketones is 1. The van der Waals surface area contributed by atoms with E-state index < -0.39 is 0 Å². The number of nitrogens with zero attached hydrogens (tertiary/aromatic N) is 1. The molecule has 1 aliphatic rings. The zero-order valence-corrected chi connectivity index (χ0v) is 18.9. The quantitative estimate of drug-likeness (QED) is 0.562. The second kappa shape index (κ2) is 9.61. The molecule has 1 amide bonds. The maximum Gasteiger partial charge on any atom is 0.255 e. The molecule has 3 aromatic rings. The molecule has 0 aliphatic carbocycles. The van der Waals surface area contributed by atoms with Crippen LogP contribution in [0.5, 0.6) is 11.5 Å². The minimum Gasteiger partial charge on any atom is -0.493 e. The lowest BCUT2D eigenvalue weighted by Gasteiger charge is -2.20. The molecule has 168 valence electrons. The average Bonchev–Trinajstić information content (AvgIpc) is 3.02. The predicted octanol–water partition coefficient (Wildman–Crippen LogP) is 4.67. The van der Waals surface area contributed by atoms with Crippen molar-refractivity contribution in [1.29, 1.82) is 0 Å². The first-order valence-corrected chi connectivity index (χ1v) is 10.7. The highest BCUT2D eigenvalue weighted by Gasteiger charge is 2.22. The number of allylic oxidation sites excluding steroid dienone is 1. The van der Waals surface area contributed by atoms with Gasteiger partial charge in [-0.15, -0.1) is 0 Å². The molecule has 1 N–H and O–H groups in total. The fourth-order valence-electron chi connectivity index (χ4n) is 3.84. The van der Waals surface area contributed by atoms with Crippen molar-refractivity contribution in [2.24, 2.45) is 0 Å². The van der Waals surface area contributed by atoms with Gasteiger partial charge in [0.2, 0.25) is 5.78 Å². The highest BCUT2D eigenvalue weighted by Crippen LogP contribution is 2.34. The average molecular weight is 443 g/mol. The van der Waals surface area contributed by atoms with Crippen molar-refractivity contribution < 1.29 is 19.1 Å². The molecule has 3 aromatic carbocycles. The normalized spacial score (nSPS) is 12.8. The number of rotatable bonds is 6. The molecule has 0 atom stereocenters. The molecule has 0 saturated carbocycles. The number of methoxy groups -OCH3 is 2. The molecule has 33 heavy (non-hydrogen) atoms. The van der Waals surface area contributed by atoms with Gasteiger partial charge < -0.3 is 19.7 Å². The number of carbonyl (C=O) groups excluding carboxylic acids is 2. The Kier molecular flexibility index (Phi) is 6.45. The number of likely N-dealkylation sites (N-methyl/N-ethyl adjacent to an activating group) is 1. The fraction of sp³-hybridized carbons (Fsp3) is 0.185. The molecular weight excluding hydrogens is 416 g/mol. The topological polar surface area (TPSA) is 67.9 Å². The molecular formula is C27H26N2O4. The molecule has 0 bridgehead atoms. The standard InChI is InChI=1S/C27H26N2O4/c1-29-14-13-20-16-24(32-2)25(33-3)17-21(20)15-23(29)26(30)18-9-11-22(12-10-18)28-27(31)19-7-5-4-6-8-19/h4-12,15-17H,13-14H2,1-3H3,(H,28,31). The number of fused-ring (bicyclic) bond motifs is 1. The van der Waals surface area contributed by atoms with Gasteiger partial charge in [-0.3, -0.25) is 9.59 Å². The SMILES string of the molecule is COc1cc2c(cc1OC)CCN(C)C(C(=O)c1ccc(NC(=O)c3ccccc3)cc1)=C2. The van der Waals surface area contributed by atoms with Crippen molar-refractivity contribution in [1.82, 2.24) is 4.90 Å². The van der Waals surface area contributed by atoms with Crippen molar-refractivity contribution in [2.75, 3.05) is 33.1 Å². The van der Waals surface area contributed by atoms with E-state index in [-0.39, 0.29) is 11.7 Å². The van der Waals surface area contributed by atoms with Gasteiger partial charge in [0, 0.05) is 30.4 Å². The maximum atomic E-state index is 13.4. The maximum absolute atomic E-state index is 13.4. The second-order valence-electron chi connectivity index (χ2n) is 7.83. The molecule has 0 spiro atoms. The Morgan fingerprint density at radius 1 is 0.879 bits per heavy atom.